The van der Waals surface area contributed by atoms with Crippen molar-refractivity contribution in [2.45, 2.75) is 51.5 Å². The zero-order valence-electron chi connectivity index (χ0n) is 7.90. The monoisotopic (exact) mass is 196 g/mol. The Kier molecular flexibility index (Phi) is 3.22. The third-order valence-corrected chi connectivity index (χ3v) is 2.61. The summed E-state index contributed by atoms with van der Waals surface area (Å²) in [4.78, 5) is 0. The smallest absolute Gasteiger partial charge is 0.374 e. The predicted octanol–water partition coefficient (Wildman–Crippen LogP) is 3.14. The molecule has 1 fully saturated rings. The number of halogens is 3. The van der Waals surface area contributed by atoms with Crippen LogP contribution in [0.5, 0.6) is 0 Å². The highest BCUT2D eigenvalue weighted by Gasteiger charge is 2.49. The summed E-state index contributed by atoms with van der Waals surface area (Å²) in [5.41, 5.74) is 0. The topological polar surface area (TPSA) is 9.23 Å². The fourth-order valence-electron chi connectivity index (χ4n) is 1.82. The molecule has 3 unspecified atom stereocenters. The van der Waals surface area contributed by atoms with Crippen LogP contribution in [-0.4, -0.2) is 18.4 Å². The Morgan fingerprint density at radius 2 is 1.85 bits per heavy atom. The maximum absolute atomic E-state index is 12.4. The summed E-state index contributed by atoms with van der Waals surface area (Å²) in [6.07, 6.45) is -3.66. The van der Waals surface area contributed by atoms with E-state index in [0.29, 0.717) is 12.8 Å². The third kappa shape index (κ3) is 2.36. The van der Waals surface area contributed by atoms with Gasteiger partial charge in [0.2, 0.25) is 0 Å². The number of hydrogen-bond acceptors (Lipinski definition) is 1. The van der Waals surface area contributed by atoms with E-state index >= 15 is 0 Å². The van der Waals surface area contributed by atoms with Crippen LogP contribution in [0.3, 0.4) is 0 Å². The van der Waals surface area contributed by atoms with Crippen molar-refractivity contribution in [1.29, 1.82) is 0 Å². The molecular formula is C9H15F3O. The lowest BCUT2D eigenvalue weighted by Gasteiger charge is -2.19. The maximum Gasteiger partial charge on any atom is 0.394 e. The summed E-state index contributed by atoms with van der Waals surface area (Å²) >= 11 is 0. The molecule has 0 saturated carbocycles. The molecule has 78 valence electrons. The lowest BCUT2D eigenvalue weighted by molar-refractivity contribution is -0.186. The first-order valence-electron chi connectivity index (χ1n) is 4.71. The Hall–Kier alpha value is -0.250. The number of rotatable bonds is 2. The maximum atomic E-state index is 12.4. The molecule has 0 aliphatic carbocycles. The third-order valence-electron chi connectivity index (χ3n) is 2.61. The van der Waals surface area contributed by atoms with Gasteiger partial charge in [-0.3, -0.25) is 0 Å². The van der Waals surface area contributed by atoms with Crippen LogP contribution in [0.1, 0.15) is 33.1 Å². The van der Waals surface area contributed by atoms with Gasteiger partial charge in [0, 0.05) is 0 Å². The van der Waals surface area contributed by atoms with E-state index in [4.69, 9.17) is 4.74 Å². The van der Waals surface area contributed by atoms with Gasteiger partial charge in [-0.1, -0.05) is 13.8 Å². The van der Waals surface area contributed by atoms with Gasteiger partial charge in [0.05, 0.1) is 18.1 Å². The molecule has 1 saturated heterocycles. The van der Waals surface area contributed by atoms with Crippen LogP contribution in [0.4, 0.5) is 13.2 Å². The van der Waals surface area contributed by atoms with Gasteiger partial charge in [-0.2, -0.15) is 13.2 Å². The van der Waals surface area contributed by atoms with Crippen LogP contribution in [-0.2, 0) is 4.74 Å². The van der Waals surface area contributed by atoms with Crippen molar-refractivity contribution >= 4 is 0 Å². The fourth-order valence-corrected chi connectivity index (χ4v) is 1.82. The highest BCUT2D eigenvalue weighted by atomic mass is 19.4. The van der Waals surface area contributed by atoms with E-state index in [-0.39, 0.29) is 12.5 Å². The second kappa shape index (κ2) is 3.86. The van der Waals surface area contributed by atoms with Crippen LogP contribution in [0, 0.1) is 5.92 Å². The first-order chi connectivity index (χ1) is 5.99. The van der Waals surface area contributed by atoms with Crippen LogP contribution in [0.15, 0.2) is 0 Å². The Morgan fingerprint density at radius 1 is 1.23 bits per heavy atom. The molecule has 1 nitrogen and oxygen atoms in total. The van der Waals surface area contributed by atoms with Gasteiger partial charge >= 0.3 is 6.18 Å². The normalized spacial score (nSPS) is 35.3. The quantitative estimate of drug-likeness (QED) is 0.659. The fraction of sp³-hybridized carbons (Fsp3) is 1.00. The van der Waals surface area contributed by atoms with Crippen LogP contribution >= 0.6 is 0 Å². The number of hydrogen-bond donors (Lipinski definition) is 0. The second-order valence-electron chi connectivity index (χ2n) is 3.50. The molecule has 0 aromatic rings. The van der Waals surface area contributed by atoms with Crippen LogP contribution < -0.4 is 0 Å². The minimum atomic E-state index is -4.09. The first kappa shape index (κ1) is 10.8. The average molecular weight is 196 g/mol. The van der Waals surface area contributed by atoms with Crippen molar-refractivity contribution in [3.05, 3.63) is 0 Å². The van der Waals surface area contributed by atoms with Gasteiger partial charge < -0.3 is 4.74 Å². The minimum Gasteiger partial charge on any atom is -0.374 e. The molecule has 13 heavy (non-hydrogen) atoms. The van der Waals surface area contributed by atoms with Gasteiger partial charge in [-0.05, 0) is 19.3 Å². The molecule has 0 spiro atoms. The molecule has 0 N–H and O–H groups in total. The largest absolute Gasteiger partial charge is 0.394 e. The molecule has 1 aliphatic heterocycles. The van der Waals surface area contributed by atoms with Crippen LogP contribution in [0.25, 0.3) is 0 Å². The van der Waals surface area contributed by atoms with Crippen molar-refractivity contribution in [3.63, 3.8) is 0 Å². The van der Waals surface area contributed by atoms with Gasteiger partial charge in [0.15, 0.2) is 0 Å². The van der Waals surface area contributed by atoms with E-state index in [1.54, 1.807) is 6.92 Å². The molecular weight excluding hydrogens is 181 g/mol. The summed E-state index contributed by atoms with van der Waals surface area (Å²) in [6, 6.07) is 0. The summed E-state index contributed by atoms with van der Waals surface area (Å²) in [7, 11) is 0. The van der Waals surface area contributed by atoms with Crippen molar-refractivity contribution in [1.82, 2.24) is 0 Å². The second-order valence-corrected chi connectivity index (χ2v) is 3.50. The first-order valence-corrected chi connectivity index (χ1v) is 4.71. The van der Waals surface area contributed by atoms with Gasteiger partial charge in [0.25, 0.3) is 0 Å². The van der Waals surface area contributed by atoms with Crippen molar-refractivity contribution < 1.29 is 17.9 Å². The molecule has 0 radical (unpaired) electrons. The molecule has 4 heteroatoms. The highest BCUT2D eigenvalue weighted by molar-refractivity contribution is 4.85. The molecule has 3 atom stereocenters. The van der Waals surface area contributed by atoms with E-state index in [0.717, 1.165) is 0 Å². The average Bonchev–Trinajstić information content (AvgIpc) is 2.46. The molecule has 1 heterocycles. The summed E-state index contributed by atoms with van der Waals surface area (Å²) in [5, 5.41) is 0. The highest BCUT2D eigenvalue weighted by Crippen LogP contribution is 2.41. The van der Waals surface area contributed by atoms with Gasteiger partial charge in [0.1, 0.15) is 0 Å². The predicted molar refractivity (Wildman–Crippen MR) is 43.4 cm³/mol. The van der Waals surface area contributed by atoms with E-state index in [1.165, 1.54) is 0 Å². The molecule has 1 aliphatic rings. The zero-order valence-corrected chi connectivity index (χ0v) is 7.90. The van der Waals surface area contributed by atoms with E-state index in [1.807, 2.05) is 6.92 Å². The molecule has 0 aromatic carbocycles. The minimum absolute atomic E-state index is 0.137. The van der Waals surface area contributed by atoms with E-state index in [2.05, 4.69) is 0 Å². The summed E-state index contributed by atoms with van der Waals surface area (Å²) in [6.45, 7) is 3.59. The Balaban J connectivity index is 2.63. The standard InChI is InChI=1S/C9H15F3O/c1-3-6-5-7(9(10,11)12)8(4-2)13-6/h6-8H,3-5H2,1-2H3. The van der Waals surface area contributed by atoms with Crippen LogP contribution in [0.2, 0.25) is 0 Å². The van der Waals surface area contributed by atoms with E-state index < -0.39 is 18.2 Å². The lowest BCUT2D eigenvalue weighted by Crippen LogP contribution is -2.29. The van der Waals surface area contributed by atoms with Crippen molar-refractivity contribution in [3.8, 4) is 0 Å². The van der Waals surface area contributed by atoms with Gasteiger partial charge in [-0.25, -0.2) is 0 Å². The van der Waals surface area contributed by atoms with E-state index in [9.17, 15) is 13.2 Å². The lowest BCUT2D eigenvalue weighted by atomic mass is 9.96. The number of alkyl halides is 3. The Labute approximate surface area is 76.3 Å². The summed E-state index contributed by atoms with van der Waals surface area (Å²) in [5.74, 6) is -1.25. The summed E-state index contributed by atoms with van der Waals surface area (Å²) < 4.78 is 42.6. The molecule has 0 bridgehead atoms. The Morgan fingerprint density at radius 3 is 2.15 bits per heavy atom. The van der Waals surface area contributed by atoms with Crippen molar-refractivity contribution in [2.75, 3.05) is 0 Å². The zero-order chi connectivity index (χ0) is 10.1. The number of ether oxygens (including phenoxy) is 1. The Bertz CT molecular complexity index is 167. The van der Waals surface area contributed by atoms with Gasteiger partial charge in [-0.15, -0.1) is 0 Å². The molecule has 1 rings (SSSR count). The molecule has 0 amide bonds. The SMILES string of the molecule is CCC1CC(C(F)(F)F)C(CC)O1. The molecule has 0 aromatic heterocycles. The van der Waals surface area contributed by atoms with Crippen molar-refractivity contribution in [2.24, 2.45) is 5.92 Å².